The average molecular weight is 412 g/mol. The van der Waals surface area contributed by atoms with Gasteiger partial charge in [0.2, 0.25) is 0 Å². The Labute approximate surface area is 173 Å². The van der Waals surface area contributed by atoms with E-state index in [0.29, 0.717) is 6.54 Å². The van der Waals surface area contributed by atoms with Crippen LogP contribution < -0.4 is 5.32 Å². The van der Waals surface area contributed by atoms with E-state index >= 15 is 0 Å². The van der Waals surface area contributed by atoms with Gasteiger partial charge in [0, 0.05) is 34.0 Å². The Morgan fingerprint density at radius 2 is 2.14 bits per heavy atom. The molecule has 2 aromatic heterocycles. The predicted molar refractivity (Wildman–Crippen MR) is 114 cm³/mol. The van der Waals surface area contributed by atoms with Crippen LogP contribution in [0.25, 0.3) is 5.00 Å². The molecule has 0 unspecified atom stereocenters. The average Bonchev–Trinajstić information content (AvgIpc) is 3.25. The Morgan fingerprint density at radius 3 is 3.00 bits per heavy atom. The van der Waals surface area contributed by atoms with Gasteiger partial charge in [0.25, 0.3) is 0 Å². The standard InChI is InChI=1S/C21H22ClN5S/c1-2-3-8-17-25-26-18-12-24-20(13-6-4-5-7-15(13)22)19-14-9-10-23-11-16(14)28-21(19)27(17)18/h4-7,23H,2-3,8-12H2,1H3. The molecule has 2 aliphatic rings. The molecule has 3 aromatic rings. The highest BCUT2D eigenvalue weighted by Crippen LogP contribution is 2.39. The van der Waals surface area contributed by atoms with Crippen molar-refractivity contribution in [1.29, 1.82) is 0 Å². The van der Waals surface area contributed by atoms with Gasteiger partial charge in [-0.2, -0.15) is 0 Å². The maximum absolute atomic E-state index is 6.59. The van der Waals surface area contributed by atoms with Gasteiger partial charge >= 0.3 is 0 Å². The Hall–Kier alpha value is -2.02. The highest BCUT2D eigenvalue weighted by molar-refractivity contribution is 7.15. The van der Waals surface area contributed by atoms with E-state index in [1.54, 1.807) is 0 Å². The summed E-state index contributed by atoms with van der Waals surface area (Å²) in [6.07, 6.45) is 4.19. The molecular weight excluding hydrogens is 390 g/mol. The number of unbranched alkanes of at least 4 members (excludes halogenated alkanes) is 1. The highest BCUT2D eigenvalue weighted by atomic mass is 35.5. The van der Waals surface area contributed by atoms with E-state index in [4.69, 9.17) is 16.6 Å². The Balaban J connectivity index is 1.75. The van der Waals surface area contributed by atoms with E-state index in [0.717, 1.165) is 66.7 Å². The van der Waals surface area contributed by atoms with Gasteiger partial charge in [-0.15, -0.1) is 21.5 Å². The second-order valence-corrected chi connectivity index (χ2v) is 8.72. The fourth-order valence-electron chi connectivity index (χ4n) is 4.01. The van der Waals surface area contributed by atoms with Crippen molar-refractivity contribution in [3.05, 3.63) is 62.5 Å². The third kappa shape index (κ3) is 2.91. The van der Waals surface area contributed by atoms with Crippen LogP contribution in [0.15, 0.2) is 29.3 Å². The van der Waals surface area contributed by atoms with E-state index in [2.05, 4.69) is 33.1 Å². The Morgan fingerprint density at radius 1 is 1.25 bits per heavy atom. The zero-order valence-electron chi connectivity index (χ0n) is 15.8. The molecule has 144 valence electrons. The van der Waals surface area contributed by atoms with Crippen LogP contribution in [0.5, 0.6) is 0 Å². The summed E-state index contributed by atoms with van der Waals surface area (Å²) in [5.41, 5.74) is 4.62. The lowest BCUT2D eigenvalue weighted by molar-refractivity contribution is 0.654. The SMILES string of the molecule is CCCCc1nnc2n1-c1sc3c(c1C(c1ccccc1Cl)=NC2)CCNC3. The lowest BCUT2D eigenvalue weighted by Crippen LogP contribution is -2.23. The number of aryl methyl sites for hydroxylation is 1. The van der Waals surface area contributed by atoms with Crippen LogP contribution in [0.3, 0.4) is 0 Å². The molecule has 2 aliphatic heterocycles. The molecule has 0 amide bonds. The zero-order valence-corrected chi connectivity index (χ0v) is 17.4. The van der Waals surface area contributed by atoms with E-state index < -0.39 is 0 Å². The second-order valence-electron chi connectivity index (χ2n) is 7.23. The zero-order chi connectivity index (χ0) is 19.1. The third-order valence-corrected chi connectivity index (χ3v) is 6.95. The smallest absolute Gasteiger partial charge is 0.160 e. The minimum atomic E-state index is 0.522. The number of rotatable bonds is 4. The summed E-state index contributed by atoms with van der Waals surface area (Å²) in [5.74, 6) is 1.96. The molecule has 0 bridgehead atoms. The molecular formula is C21H22ClN5S. The first-order valence-electron chi connectivity index (χ1n) is 9.86. The van der Waals surface area contributed by atoms with Gasteiger partial charge in [0.1, 0.15) is 17.4 Å². The molecule has 1 N–H and O–H groups in total. The monoisotopic (exact) mass is 411 g/mol. The molecule has 1 aromatic carbocycles. The van der Waals surface area contributed by atoms with Crippen molar-refractivity contribution in [3.8, 4) is 5.00 Å². The van der Waals surface area contributed by atoms with Crippen LogP contribution in [0.4, 0.5) is 0 Å². The van der Waals surface area contributed by atoms with Crippen molar-refractivity contribution < 1.29 is 0 Å². The molecule has 0 saturated heterocycles. The molecule has 4 heterocycles. The number of hydrogen-bond acceptors (Lipinski definition) is 5. The van der Waals surface area contributed by atoms with Gasteiger partial charge in [-0.05, 0) is 31.0 Å². The molecule has 5 nitrogen and oxygen atoms in total. The number of fused-ring (bicyclic) bond motifs is 5. The fraction of sp³-hybridized carbons (Fsp3) is 0.381. The van der Waals surface area contributed by atoms with Gasteiger partial charge in [-0.25, -0.2) is 0 Å². The summed E-state index contributed by atoms with van der Waals surface area (Å²) in [6.45, 7) is 4.63. The molecule has 28 heavy (non-hydrogen) atoms. The van der Waals surface area contributed by atoms with Crippen molar-refractivity contribution >= 4 is 28.6 Å². The minimum absolute atomic E-state index is 0.522. The third-order valence-electron chi connectivity index (χ3n) is 5.41. The van der Waals surface area contributed by atoms with Gasteiger partial charge in [-0.3, -0.25) is 9.56 Å². The Bertz CT molecular complexity index is 1060. The van der Waals surface area contributed by atoms with Gasteiger partial charge in [0.05, 0.1) is 5.71 Å². The summed E-state index contributed by atoms with van der Waals surface area (Å²) in [6, 6.07) is 8.01. The van der Waals surface area contributed by atoms with E-state index in [9.17, 15) is 0 Å². The second kappa shape index (κ2) is 7.43. The van der Waals surface area contributed by atoms with Gasteiger partial charge in [0.15, 0.2) is 5.82 Å². The number of thiophene rings is 1. The maximum Gasteiger partial charge on any atom is 0.160 e. The molecule has 7 heteroatoms. The van der Waals surface area contributed by atoms with Crippen LogP contribution in [-0.2, 0) is 25.9 Å². The van der Waals surface area contributed by atoms with Crippen molar-refractivity contribution in [2.24, 2.45) is 4.99 Å². The van der Waals surface area contributed by atoms with Crippen molar-refractivity contribution in [2.45, 2.75) is 45.7 Å². The quantitative estimate of drug-likeness (QED) is 0.695. The first-order chi connectivity index (χ1) is 13.8. The maximum atomic E-state index is 6.59. The minimum Gasteiger partial charge on any atom is -0.312 e. The van der Waals surface area contributed by atoms with Crippen LogP contribution in [0.2, 0.25) is 5.02 Å². The van der Waals surface area contributed by atoms with Crippen molar-refractivity contribution in [3.63, 3.8) is 0 Å². The highest BCUT2D eigenvalue weighted by Gasteiger charge is 2.30. The first kappa shape index (κ1) is 18.0. The fourth-order valence-corrected chi connectivity index (χ4v) is 5.60. The van der Waals surface area contributed by atoms with Crippen LogP contribution in [-0.4, -0.2) is 27.0 Å². The molecule has 0 saturated carbocycles. The van der Waals surface area contributed by atoms with Gasteiger partial charge < -0.3 is 5.32 Å². The topological polar surface area (TPSA) is 55.1 Å². The van der Waals surface area contributed by atoms with Crippen molar-refractivity contribution in [1.82, 2.24) is 20.1 Å². The van der Waals surface area contributed by atoms with E-state index in [-0.39, 0.29) is 0 Å². The van der Waals surface area contributed by atoms with Gasteiger partial charge in [-0.1, -0.05) is 43.1 Å². The Kier molecular flexibility index (Phi) is 4.78. The predicted octanol–water partition coefficient (Wildman–Crippen LogP) is 4.32. The van der Waals surface area contributed by atoms with Crippen LogP contribution >= 0.6 is 22.9 Å². The largest absolute Gasteiger partial charge is 0.312 e. The van der Waals surface area contributed by atoms with E-state index in [1.807, 2.05) is 29.5 Å². The number of nitrogens with zero attached hydrogens (tertiary/aromatic N) is 4. The summed E-state index contributed by atoms with van der Waals surface area (Å²) >= 11 is 8.43. The lowest BCUT2D eigenvalue weighted by Gasteiger charge is -2.16. The number of hydrogen-bond donors (Lipinski definition) is 1. The van der Waals surface area contributed by atoms with Crippen LogP contribution in [0, 0.1) is 0 Å². The lowest BCUT2D eigenvalue weighted by atomic mass is 9.96. The first-order valence-corrected chi connectivity index (χ1v) is 11.1. The molecule has 0 spiro atoms. The van der Waals surface area contributed by atoms with Crippen molar-refractivity contribution in [2.75, 3.05) is 6.54 Å². The number of aliphatic imine (C=N–C) groups is 1. The summed E-state index contributed by atoms with van der Waals surface area (Å²) in [5, 5.41) is 14.4. The molecule has 0 fully saturated rings. The number of benzene rings is 1. The van der Waals surface area contributed by atoms with E-state index in [1.165, 1.54) is 21.0 Å². The molecule has 0 aliphatic carbocycles. The number of aromatic nitrogens is 3. The summed E-state index contributed by atoms with van der Waals surface area (Å²) < 4.78 is 2.27. The van der Waals surface area contributed by atoms with Crippen LogP contribution in [0.1, 0.15) is 53.0 Å². The number of halogens is 1. The summed E-state index contributed by atoms with van der Waals surface area (Å²) in [4.78, 5) is 6.39. The molecule has 0 radical (unpaired) electrons. The number of nitrogens with one attached hydrogen (secondary N) is 1. The molecule has 0 atom stereocenters. The summed E-state index contributed by atoms with van der Waals surface area (Å²) in [7, 11) is 0. The normalized spacial score (nSPS) is 15.4. The molecule has 5 rings (SSSR count).